The molecule has 2 heterocycles. The van der Waals surface area contributed by atoms with E-state index in [2.05, 4.69) is 21.0 Å². The van der Waals surface area contributed by atoms with Gasteiger partial charge in [-0.1, -0.05) is 0 Å². The van der Waals surface area contributed by atoms with Crippen LogP contribution in [0.2, 0.25) is 0 Å². The van der Waals surface area contributed by atoms with Gasteiger partial charge in [-0.15, -0.1) is 0 Å². The lowest BCUT2D eigenvalue weighted by molar-refractivity contribution is -0.0587. The Bertz CT molecular complexity index is 465. The summed E-state index contributed by atoms with van der Waals surface area (Å²) in [5, 5.41) is 32.2. The van der Waals surface area contributed by atoms with E-state index in [0.29, 0.717) is 4.47 Å². The maximum Gasteiger partial charge on any atom is 0.270 e. The third-order valence-electron chi connectivity index (χ3n) is 2.70. The Labute approximate surface area is 110 Å². The van der Waals surface area contributed by atoms with E-state index in [4.69, 9.17) is 15.6 Å². The molecule has 2 rings (SSSR count). The molecule has 100 valence electrons. The van der Waals surface area contributed by atoms with Crippen molar-refractivity contribution in [2.45, 2.75) is 24.5 Å². The Kier molecular flexibility index (Phi) is 3.69. The van der Waals surface area contributed by atoms with Crippen LogP contribution in [0.4, 0.5) is 0 Å². The van der Waals surface area contributed by atoms with Crippen molar-refractivity contribution in [2.75, 3.05) is 6.61 Å². The van der Waals surface area contributed by atoms with Gasteiger partial charge in [0.15, 0.2) is 11.9 Å². The van der Waals surface area contributed by atoms with E-state index in [1.165, 1.54) is 10.9 Å². The molecule has 1 aliphatic heterocycles. The highest BCUT2D eigenvalue weighted by Crippen LogP contribution is 2.30. The molecule has 0 aliphatic carbocycles. The molecule has 4 atom stereocenters. The maximum absolute atomic E-state index is 11.0. The van der Waals surface area contributed by atoms with Crippen LogP contribution < -0.4 is 5.73 Å². The number of aliphatic hydroxyl groups is 3. The van der Waals surface area contributed by atoms with E-state index in [-0.39, 0.29) is 5.69 Å². The molecule has 0 bridgehead atoms. The first-order valence-corrected chi connectivity index (χ1v) is 5.92. The monoisotopic (exact) mass is 321 g/mol. The number of carbonyl (C=O) groups is 1. The number of aliphatic hydroxyl groups excluding tert-OH is 3. The lowest BCUT2D eigenvalue weighted by Gasteiger charge is -2.14. The van der Waals surface area contributed by atoms with Crippen molar-refractivity contribution >= 4 is 21.8 Å². The number of nitrogens with zero attached hydrogens (tertiary/aromatic N) is 2. The van der Waals surface area contributed by atoms with Crippen LogP contribution in [0, 0.1) is 0 Å². The minimum atomic E-state index is -1.25. The molecule has 8 nitrogen and oxygen atoms in total. The van der Waals surface area contributed by atoms with Crippen molar-refractivity contribution in [3.05, 3.63) is 16.4 Å². The van der Waals surface area contributed by atoms with E-state index in [9.17, 15) is 15.0 Å². The van der Waals surface area contributed by atoms with Crippen molar-refractivity contribution in [1.82, 2.24) is 9.78 Å². The Morgan fingerprint density at radius 2 is 2.22 bits per heavy atom. The molecule has 9 heteroatoms. The van der Waals surface area contributed by atoms with E-state index >= 15 is 0 Å². The zero-order valence-corrected chi connectivity index (χ0v) is 10.7. The van der Waals surface area contributed by atoms with Crippen molar-refractivity contribution in [3.63, 3.8) is 0 Å². The van der Waals surface area contributed by atoms with E-state index in [0.717, 1.165) is 0 Å². The Balaban J connectivity index is 2.27. The number of hydrogen-bond donors (Lipinski definition) is 4. The second-order valence-corrected chi connectivity index (χ2v) is 4.75. The minimum absolute atomic E-state index is 0.00672. The molecular weight excluding hydrogens is 310 g/mol. The summed E-state index contributed by atoms with van der Waals surface area (Å²) in [6.07, 6.45) is -2.96. The maximum atomic E-state index is 11.0. The van der Waals surface area contributed by atoms with Crippen LogP contribution >= 0.6 is 15.9 Å². The molecule has 0 aromatic carbocycles. The topological polar surface area (TPSA) is 131 Å². The zero-order chi connectivity index (χ0) is 13.4. The quantitative estimate of drug-likeness (QED) is 0.528. The van der Waals surface area contributed by atoms with E-state index in [1.807, 2.05) is 0 Å². The van der Waals surface area contributed by atoms with Gasteiger partial charge in [0.25, 0.3) is 5.91 Å². The number of aromatic nitrogens is 2. The number of amides is 1. The van der Waals surface area contributed by atoms with Crippen LogP contribution in [0.25, 0.3) is 0 Å². The summed E-state index contributed by atoms with van der Waals surface area (Å²) < 4.78 is 6.78. The molecule has 1 fully saturated rings. The molecule has 1 aromatic heterocycles. The number of nitrogens with two attached hydrogens (primary N) is 1. The van der Waals surface area contributed by atoms with Crippen LogP contribution in [0.5, 0.6) is 0 Å². The predicted octanol–water partition coefficient (Wildman–Crippen LogP) is -1.64. The van der Waals surface area contributed by atoms with Gasteiger partial charge in [0.05, 0.1) is 11.1 Å². The standard InChI is InChI=1S/C9H12BrN3O5/c10-3-1-13(12-5(3)8(11)17)9-7(16)6(15)4(2-14)18-9/h1,4,6-7,9,14-16H,2H2,(H2,11,17)/t4-,6-,7-,9?/m1/s1. The Hall–Kier alpha value is -1.00. The lowest BCUT2D eigenvalue weighted by atomic mass is 10.1. The largest absolute Gasteiger partial charge is 0.394 e. The summed E-state index contributed by atoms with van der Waals surface area (Å²) in [4.78, 5) is 11.0. The smallest absolute Gasteiger partial charge is 0.270 e. The summed E-state index contributed by atoms with van der Waals surface area (Å²) in [6.45, 7) is -0.431. The normalized spacial score (nSPS) is 31.8. The second-order valence-electron chi connectivity index (χ2n) is 3.90. The average Bonchev–Trinajstić information content (AvgIpc) is 2.82. The zero-order valence-electron chi connectivity index (χ0n) is 9.10. The van der Waals surface area contributed by atoms with Gasteiger partial charge in [-0.3, -0.25) is 4.79 Å². The number of carbonyl (C=O) groups excluding carboxylic acids is 1. The number of rotatable bonds is 3. The third kappa shape index (κ3) is 2.15. The summed E-state index contributed by atoms with van der Waals surface area (Å²) in [6, 6.07) is 0. The molecule has 1 unspecified atom stereocenters. The number of hydrogen-bond acceptors (Lipinski definition) is 6. The molecule has 1 aliphatic rings. The molecule has 1 aromatic rings. The molecular formula is C9H12BrN3O5. The fourth-order valence-electron chi connectivity index (χ4n) is 1.77. The van der Waals surface area contributed by atoms with Gasteiger partial charge >= 0.3 is 0 Å². The second kappa shape index (κ2) is 4.94. The van der Waals surface area contributed by atoms with Gasteiger partial charge in [-0.05, 0) is 15.9 Å². The first-order valence-electron chi connectivity index (χ1n) is 5.12. The fourth-order valence-corrected chi connectivity index (χ4v) is 2.25. The molecule has 1 saturated heterocycles. The van der Waals surface area contributed by atoms with Crippen LogP contribution in [0.1, 0.15) is 16.7 Å². The van der Waals surface area contributed by atoms with Gasteiger partial charge < -0.3 is 25.8 Å². The molecule has 0 radical (unpaired) electrons. The van der Waals surface area contributed by atoms with Crippen molar-refractivity contribution < 1.29 is 24.9 Å². The van der Waals surface area contributed by atoms with Gasteiger partial charge in [0, 0.05) is 6.20 Å². The van der Waals surface area contributed by atoms with Gasteiger partial charge in [-0.25, -0.2) is 4.68 Å². The molecule has 0 saturated carbocycles. The summed E-state index contributed by atoms with van der Waals surface area (Å²) in [5.74, 6) is -0.729. The highest BCUT2D eigenvalue weighted by Gasteiger charge is 2.44. The van der Waals surface area contributed by atoms with Gasteiger partial charge in [0.1, 0.15) is 18.3 Å². The van der Waals surface area contributed by atoms with Crippen LogP contribution in [0.3, 0.4) is 0 Å². The minimum Gasteiger partial charge on any atom is -0.394 e. The SMILES string of the molecule is NC(=O)c1nn(C2O[C@H](CO)[C@@H](O)[C@H]2O)cc1Br. The highest BCUT2D eigenvalue weighted by atomic mass is 79.9. The molecule has 1 amide bonds. The summed E-state index contributed by atoms with van der Waals surface area (Å²) >= 11 is 3.10. The van der Waals surface area contributed by atoms with Crippen molar-refractivity contribution in [3.8, 4) is 0 Å². The lowest BCUT2D eigenvalue weighted by Crippen LogP contribution is -2.33. The summed E-state index contributed by atoms with van der Waals surface area (Å²) in [5.41, 5.74) is 5.10. The Morgan fingerprint density at radius 3 is 2.67 bits per heavy atom. The van der Waals surface area contributed by atoms with Crippen LogP contribution in [0.15, 0.2) is 10.7 Å². The molecule has 18 heavy (non-hydrogen) atoms. The molecule has 5 N–H and O–H groups in total. The fraction of sp³-hybridized carbons (Fsp3) is 0.556. The van der Waals surface area contributed by atoms with Crippen molar-refractivity contribution in [2.24, 2.45) is 5.73 Å². The van der Waals surface area contributed by atoms with E-state index in [1.54, 1.807) is 0 Å². The van der Waals surface area contributed by atoms with Gasteiger partial charge in [0.2, 0.25) is 0 Å². The number of ether oxygens (including phenoxy) is 1. The van der Waals surface area contributed by atoms with Crippen LogP contribution in [-0.2, 0) is 4.74 Å². The first-order chi connectivity index (χ1) is 8.45. The van der Waals surface area contributed by atoms with Crippen molar-refractivity contribution in [1.29, 1.82) is 0 Å². The molecule has 0 spiro atoms. The highest BCUT2D eigenvalue weighted by molar-refractivity contribution is 9.10. The average molecular weight is 322 g/mol. The van der Waals surface area contributed by atoms with E-state index < -0.39 is 37.1 Å². The summed E-state index contributed by atoms with van der Waals surface area (Å²) in [7, 11) is 0. The number of halogens is 1. The van der Waals surface area contributed by atoms with Crippen LogP contribution in [-0.4, -0.2) is 55.9 Å². The number of primary amides is 1. The third-order valence-corrected chi connectivity index (χ3v) is 3.28. The predicted molar refractivity (Wildman–Crippen MR) is 61.5 cm³/mol. The van der Waals surface area contributed by atoms with Gasteiger partial charge in [-0.2, -0.15) is 5.10 Å². The Morgan fingerprint density at radius 1 is 1.56 bits per heavy atom. The first kappa shape index (κ1) is 13.4.